The summed E-state index contributed by atoms with van der Waals surface area (Å²) in [7, 11) is 0. The average molecular weight is 339 g/mol. The highest BCUT2D eigenvalue weighted by Gasteiger charge is 2.20. The van der Waals surface area contributed by atoms with E-state index in [0.717, 1.165) is 23.1 Å². The Morgan fingerprint density at radius 3 is 2.35 bits per heavy atom. The van der Waals surface area contributed by atoms with E-state index in [4.69, 9.17) is 0 Å². The van der Waals surface area contributed by atoms with Gasteiger partial charge in [-0.2, -0.15) is 0 Å². The lowest BCUT2D eigenvalue weighted by atomic mass is 10.0. The van der Waals surface area contributed by atoms with Gasteiger partial charge in [-0.05, 0) is 30.7 Å². The minimum atomic E-state index is -0.0843. The van der Waals surface area contributed by atoms with Gasteiger partial charge in [0.15, 0.2) is 12.1 Å². The van der Waals surface area contributed by atoms with Gasteiger partial charge in [0.2, 0.25) is 0 Å². The van der Waals surface area contributed by atoms with Gasteiger partial charge < -0.3 is 4.40 Å². The molecule has 0 saturated heterocycles. The summed E-state index contributed by atoms with van der Waals surface area (Å²) in [5, 5.41) is 0. The molecule has 2 aromatic heterocycles. The summed E-state index contributed by atoms with van der Waals surface area (Å²) in [4.78, 5) is 24.8. The van der Waals surface area contributed by atoms with E-state index in [0.29, 0.717) is 22.2 Å². The number of carbonyl (C=O) groups excluding carboxylic acids is 2. The van der Waals surface area contributed by atoms with E-state index >= 15 is 0 Å². The number of nitrogens with zero attached hydrogens (tertiary/aromatic N) is 1. The van der Waals surface area contributed by atoms with Crippen LogP contribution < -0.4 is 0 Å². The number of aromatic nitrogens is 1. The fraction of sp³-hybridized carbons (Fsp3) is 0.0435. The molecule has 0 atom stereocenters. The lowest BCUT2D eigenvalue weighted by molar-refractivity contribution is 0.104. The molecule has 0 aliphatic heterocycles. The highest BCUT2D eigenvalue weighted by atomic mass is 16.1. The number of pyridine rings is 1. The summed E-state index contributed by atoms with van der Waals surface area (Å²) in [6, 6.07) is 22.8. The maximum atomic E-state index is 13.2. The van der Waals surface area contributed by atoms with E-state index in [1.807, 2.05) is 84.3 Å². The normalized spacial score (nSPS) is 10.8. The topological polar surface area (TPSA) is 38.5 Å². The van der Waals surface area contributed by atoms with E-state index < -0.39 is 0 Å². The molecule has 4 rings (SSSR count). The second kappa shape index (κ2) is 6.45. The lowest BCUT2D eigenvalue weighted by Gasteiger charge is -2.05. The van der Waals surface area contributed by atoms with Crippen molar-refractivity contribution in [2.75, 3.05) is 0 Å². The van der Waals surface area contributed by atoms with Crippen LogP contribution in [0.15, 0.2) is 79.0 Å². The fourth-order valence-corrected chi connectivity index (χ4v) is 3.25. The van der Waals surface area contributed by atoms with Crippen LogP contribution in [0.2, 0.25) is 0 Å². The molecular formula is C23H17NO2. The molecule has 4 aromatic rings. The Labute approximate surface area is 151 Å². The fourth-order valence-electron chi connectivity index (χ4n) is 3.25. The van der Waals surface area contributed by atoms with Gasteiger partial charge in [-0.3, -0.25) is 9.59 Å². The largest absolute Gasteiger partial charge is 0.315 e. The van der Waals surface area contributed by atoms with Crippen molar-refractivity contribution < 1.29 is 9.59 Å². The first-order valence-electron chi connectivity index (χ1n) is 8.45. The minimum Gasteiger partial charge on any atom is -0.315 e. The van der Waals surface area contributed by atoms with Crippen molar-refractivity contribution in [2.24, 2.45) is 0 Å². The Hall–Kier alpha value is -3.46. The van der Waals surface area contributed by atoms with Crippen molar-refractivity contribution in [1.29, 1.82) is 0 Å². The van der Waals surface area contributed by atoms with Gasteiger partial charge in [0, 0.05) is 22.9 Å². The number of hydrogen-bond donors (Lipinski definition) is 0. The molecule has 0 bridgehead atoms. The van der Waals surface area contributed by atoms with Crippen molar-refractivity contribution in [1.82, 2.24) is 4.40 Å². The van der Waals surface area contributed by atoms with Crippen molar-refractivity contribution in [3.05, 3.63) is 101 Å². The SMILES string of the molecule is Cc1ccc(C(=O)c2cc(-c3ccccc3)n3cccc(C=O)c23)cc1. The van der Waals surface area contributed by atoms with Crippen molar-refractivity contribution in [3.8, 4) is 11.3 Å². The second-order valence-electron chi connectivity index (χ2n) is 6.30. The maximum absolute atomic E-state index is 13.2. The predicted octanol–water partition coefficient (Wildman–Crippen LogP) is 4.96. The van der Waals surface area contributed by atoms with Crippen LogP contribution in [0.4, 0.5) is 0 Å². The van der Waals surface area contributed by atoms with Gasteiger partial charge >= 0.3 is 0 Å². The summed E-state index contributed by atoms with van der Waals surface area (Å²) in [5.74, 6) is -0.0843. The standard InChI is InChI=1S/C23H17NO2/c1-16-9-11-18(12-10-16)23(26)20-14-21(17-6-3-2-4-7-17)24-13-5-8-19(15-25)22(20)24/h2-15H,1H3. The van der Waals surface area contributed by atoms with Crippen LogP contribution in [0.25, 0.3) is 16.8 Å². The third-order valence-corrected chi connectivity index (χ3v) is 4.58. The van der Waals surface area contributed by atoms with Crippen molar-refractivity contribution in [3.63, 3.8) is 0 Å². The number of fused-ring (bicyclic) bond motifs is 1. The molecule has 0 fully saturated rings. The molecule has 3 heteroatoms. The van der Waals surface area contributed by atoms with Crippen LogP contribution in [-0.2, 0) is 0 Å². The van der Waals surface area contributed by atoms with Gasteiger partial charge in [-0.15, -0.1) is 0 Å². The number of aldehydes is 1. The first-order chi connectivity index (χ1) is 12.7. The molecule has 2 heterocycles. The minimum absolute atomic E-state index is 0.0843. The molecule has 3 nitrogen and oxygen atoms in total. The summed E-state index contributed by atoms with van der Waals surface area (Å²) in [5.41, 5.74) is 5.28. The molecule has 2 aromatic carbocycles. The van der Waals surface area contributed by atoms with Crippen LogP contribution >= 0.6 is 0 Å². The van der Waals surface area contributed by atoms with Crippen molar-refractivity contribution in [2.45, 2.75) is 6.92 Å². The summed E-state index contributed by atoms with van der Waals surface area (Å²) >= 11 is 0. The molecule has 0 unspecified atom stereocenters. The molecule has 0 N–H and O–H groups in total. The Kier molecular flexibility index (Phi) is 3.98. The van der Waals surface area contributed by atoms with E-state index in [9.17, 15) is 9.59 Å². The first-order valence-corrected chi connectivity index (χ1v) is 8.45. The van der Waals surface area contributed by atoms with Crippen LogP contribution in [0.3, 0.4) is 0 Å². The zero-order chi connectivity index (χ0) is 18.1. The van der Waals surface area contributed by atoms with E-state index in [1.165, 1.54) is 0 Å². The highest BCUT2D eigenvalue weighted by Crippen LogP contribution is 2.29. The number of aryl methyl sites for hydroxylation is 1. The molecule has 26 heavy (non-hydrogen) atoms. The Morgan fingerprint density at radius 1 is 0.923 bits per heavy atom. The van der Waals surface area contributed by atoms with Gasteiger partial charge in [-0.1, -0.05) is 60.2 Å². The summed E-state index contributed by atoms with van der Waals surface area (Å²) in [6.45, 7) is 1.99. The van der Waals surface area contributed by atoms with E-state index in [1.54, 1.807) is 6.07 Å². The van der Waals surface area contributed by atoms with E-state index in [2.05, 4.69) is 0 Å². The van der Waals surface area contributed by atoms with Gasteiger partial charge in [-0.25, -0.2) is 0 Å². The molecule has 0 amide bonds. The average Bonchev–Trinajstić information content (AvgIpc) is 3.08. The molecule has 126 valence electrons. The molecule has 0 aliphatic carbocycles. The quantitative estimate of drug-likeness (QED) is 0.389. The third kappa shape index (κ3) is 2.64. The van der Waals surface area contributed by atoms with Crippen molar-refractivity contribution >= 4 is 17.6 Å². The Balaban J connectivity index is 1.98. The zero-order valence-corrected chi connectivity index (χ0v) is 14.3. The third-order valence-electron chi connectivity index (χ3n) is 4.58. The first kappa shape index (κ1) is 16.0. The van der Waals surface area contributed by atoms with Gasteiger partial charge in [0.05, 0.1) is 11.2 Å². The summed E-state index contributed by atoms with van der Waals surface area (Å²) in [6.07, 6.45) is 2.69. The number of benzene rings is 2. The number of rotatable bonds is 4. The zero-order valence-electron chi connectivity index (χ0n) is 14.3. The maximum Gasteiger partial charge on any atom is 0.195 e. The lowest BCUT2D eigenvalue weighted by Crippen LogP contribution is -2.02. The molecule has 0 radical (unpaired) electrons. The van der Waals surface area contributed by atoms with Gasteiger partial charge in [0.1, 0.15) is 0 Å². The monoisotopic (exact) mass is 339 g/mol. The number of ketones is 1. The van der Waals surface area contributed by atoms with Crippen LogP contribution in [0.1, 0.15) is 31.8 Å². The Bertz CT molecular complexity index is 1110. The van der Waals surface area contributed by atoms with Crippen LogP contribution in [-0.4, -0.2) is 16.5 Å². The molecular weight excluding hydrogens is 322 g/mol. The summed E-state index contributed by atoms with van der Waals surface area (Å²) < 4.78 is 1.92. The van der Waals surface area contributed by atoms with Gasteiger partial charge in [0.25, 0.3) is 0 Å². The number of hydrogen-bond acceptors (Lipinski definition) is 2. The van der Waals surface area contributed by atoms with Crippen LogP contribution in [0.5, 0.6) is 0 Å². The van der Waals surface area contributed by atoms with E-state index in [-0.39, 0.29) is 5.78 Å². The highest BCUT2D eigenvalue weighted by molar-refractivity contribution is 6.16. The van der Waals surface area contributed by atoms with Crippen LogP contribution in [0, 0.1) is 6.92 Å². The molecule has 0 aliphatic rings. The number of carbonyl (C=O) groups is 2. The molecule has 0 spiro atoms. The Morgan fingerprint density at radius 2 is 1.65 bits per heavy atom. The smallest absolute Gasteiger partial charge is 0.195 e. The molecule has 0 saturated carbocycles. The predicted molar refractivity (Wildman–Crippen MR) is 103 cm³/mol. The second-order valence-corrected chi connectivity index (χ2v) is 6.30.